The summed E-state index contributed by atoms with van der Waals surface area (Å²) in [6.45, 7) is 1.11. The minimum atomic E-state index is 0.281. The molecule has 4 nitrogen and oxygen atoms in total. The standard InChI is InChI=1S/C5H6N2.C5H14NO/c6-5-3-1-2-4-7-5;1-6(2,3)4-5-7/h1-4H,(H2,6,7);7H,4-5H2,1-3H3/q;+1. The number of nitrogens with two attached hydrogens (primary N) is 1. The Morgan fingerprint density at radius 1 is 1.36 bits per heavy atom. The Morgan fingerprint density at radius 2 is 2.00 bits per heavy atom. The molecule has 14 heavy (non-hydrogen) atoms. The average Bonchev–Trinajstić information content (AvgIpc) is 2.04. The lowest BCUT2D eigenvalue weighted by molar-refractivity contribution is -0.870. The molecule has 0 aliphatic heterocycles. The maximum Gasteiger partial charge on any atom is 0.123 e. The predicted molar refractivity (Wildman–Crippen MR) is 58.6 cm³/mol. The lowest BCUT2D eigenvalue weighted by Crippen LogP contribution is -2.36. The van der Waals surface area contributed by atoms with Crippen LogP contribution in [0.2, 0.25) is 0 Å². The van der Waals surface area contributed by atoms with Crippen LogP contribution in [0.1, 0.15) is 0 Å². The molecule has 1 aromatic rings. The van der Waals surface area contributed by atoms with E-state index in [1.54, 1.807) is 12.3 Å². The van der Waals surface area contributed by atoms with E-state index in [-0.39, 0.29) is 6.61 Å². The first-order chi connectivity index (χ1) is 6.45. The first-order valence-corrected chi connectivity index (χ1v) is 4.53. The summed E-state index contributed by atoms with van der Waals surface area (Å²) in [6, 6.07) is 5.43. The van der Waals surface area contributed by atoms with Gasteiger partial charge >= 0.3 is 0 Å². The van der Waals surface area contributed by atoms with Crippen LogP contribution < -0.4 is 5.73 Å². The minimum Gasteiger partial charge on any atom is -0.391 e. The third kappa shape index (κ3) is 8.96. The number of aromatic nitrogens is 1. The number of aliphatic hydroxyl groups excluding tert-OH is 1. The second-order valence-electron chi connectivity index (χ2n) is 3.99. The molecule has 0 radical (unpaired) electrons. The third-order valence-corrected chi connectivity index (χ3v) is 1.46. The van der Waals surface area contributed by atoms with Gasteiger partial charge in [0.25, 0.3) is 0 Å². The second-order valence-corrected chi connectivity index (χ2v) is 3.99. The van der Waals surface area contributed by atoms with Crippen molar-refractivity contribution in [3.05, 3.63) is 24.4 Å². The number of quaternary nitrogens is 1. The fourth-order valence-electron chi connectivity index (χ4n) is 0.676. The molecule has 0 saturated heterocycles. The molecule has 0 bridgehead atoms. The lowest BCUT2D eigenvalue weighted by atomic mass is 10.5. The molecule has 0 atom stereocenters. The minimum absolute atomic E-state index is 0.281. The normalized spacial score (nSPS) is 10.3. The van der Waals surface area contributed by atoms with Gasteiger partial charge in [-0.15, -0.1) is 0 Å². The Bertz CT molecular complexity index is 231. The number of anilines is 1. The zero-order valence-electron chi connectivity index (χ0n) is 9.14. The Labute approximate surface area is 85.6 Å². The largest absolute Gasteiger partial charge is 0.391 e. The molecule has 0 spiro atoms. The van der Waals surface area contributed by atoms with Crippen LogP contribution in [0, 0.1) is 0 Å². The number of aliphatic hydroxyl groups is 1. The van der Waals surface area contributed by atoms with E-state index >= 15 is 0 Å². The summed E-state index contributed by atoms with van der Waals surface area (Å²) >= 11 is 0. The Balaban J connectivity index is 0.000000241. The van der Waals surface area contributed by atoms with Gasteiger partial charge in [0.1, 0.15) is 12.4 Å². The highest BCUT2D eigenvalue weighted by Gasteiger charge is 2.02. The van der Waals surface area contributed by atoms with Gasteiger partial charge in [-0.1, -0.05) is 6.07 Å². The molecule has 0 aliphatic carbocycles. The van der Waals surface area contributed by atoms with Crippen molar-refractivity contribution < 1.29 is 9.59 Å². The van der Waals surface area contributed by atoms with E-state index in [4.69, 9.17) is 10.8 Å². The van der Waals surface area contributed by atoms with Crippen molar-refractivity contribution in [2.24, 2.45) is 0 Å². The van der Waals surface area contributed by atoms with Gasteiger partial charge in [-0.05, 0) is 12.1 Å². The third-order valence-electron chi connectivity index (χ3n) is 1.46. The van der Waals surface area contributed by atoms with Gasteiger partial charge in [0.2, 0.25) is 0 Å². The molecule has 1 rings (SSSR count). The van der Waals surface area contributed by atoms with Gasteiger partial charge in [0, 0.05) is 6.20 Å². The lowest BCUT2D eigenvalue weighted by Gasteiger charge is -2.21. The highest BCUT2D eigenvalue weighted by molar-refractivity contribution is 5.25. The summed E-state index contributed by atoms with van der Waals surface area (Å²) in [5.41, 5.74) is 5.25. The highest BCUT2D eigenvalue weighted by Crippen LogP contribution is 1.89. The fourth-order valence-corrected chi connectivity index (χ4v) is 0.676. The molecule has 0 fully saturated rings. The van der Waals surface area contributed by atoms with Crippen LogP contribution in [0.15, 0.2) is 24.4 Å². The summed E-state index contributed by atoms with van der Waals surface area (Å²) in [5.74, 6) is 0.572. The summed E-state index contributed by atoms with van der Waals surface area (Å²) in [7, 11) is 6.16. The van der Waals surface area contributed by atoms with E-state index < -0.39 is 0 Å². The summed E-state index contributed by atoms with van der Waals surface area (Å²) < 4.78 is 0.844. The van der Waals surface area contributed by atoms with Crippen LogP contribution >= 0.6 is 0 Å². The SMILES string of the molecule is C[N+](C)(C)CCO.Nc1ccccn1. The fraction of sp³-hybridized carbons (Fsp3) is 0.500. The maximum atomic E-state index is 8.39. The van der Waals surface area contributed by atoms with E-state index in [9.17, 15) is 0 Å². The van der Waals surface area contributed by atoms with Crippen molar-refractivity contribution in [2.45, 2.75) is 0 Å². The van der Waals surface area contributed by atoms with Crippen LogP contribution in [0.25, 0.3) is 0 Å². The van der Waals surface area contributed by atoms with E-state index in [1.165, 1.54) is 0 Å². The monoisotopic (exact) mass is 198 g/mol. The smallest absolute Gasteiger partial charge is 0.123 e. The number of nitrogens with zero attached hydrogens (tertiary/aromatic N) is 2. The van der Waals surface area contributed by atoms with Crippen molar-refractivity contribution in [1.82, 2.24) is 4.98 Å². The molecule has 0 aliphatic rings. The number of hydrogen-bond donors (Lipinski definition) is 2. The molecule has 0 unspecified atom stereocenters. The van der Waals surface area contributed by atoms with Crippen molar-refractivity contribution in [1.29, 1.82) is 0 Å². The molecule has 1 heterocycles. The quantitative estimate of drug-likeness (QED) is 0.674. The molecule has 1 aromatic heterocycles. The molecule has 4 heteroatoms. The van der Waals surface area contributed by atoms with E-state index in [0.717, 1.165) is 11.0 Å². The van der Waals surface area contributed by atoms with Gasteiger partial charge in [-0.3, -0.25) is 0 Å². The summed E-state index contributed by atoms with van der Waals surface area (Å²) in [4.78, 5) is 3.76. The molecular weight excluding hydrogens is 178 g/mol. The van der Waals surface area contributed by atoms with Gasteiger partial charge in [-0.2, -0.15) is 0 Å². The number of rotatable bonds is 2. The van der Waals surface area contributed by atoms with Crippen LogP contribution in [0.4, 0.5) is 5.82 Å². The Hall–Kier alpha value is -1.13. The maximum absolute atomic E-state index is 8.39. The van der Waals surface area contributed by atoms with E-state index in [1.807, 2.05) is 12.1 Å². The van der Waals surface area contributed by atoms with E-state index in [2.05, 4.69) is 26.1 Å². The highest BCUT2D eigenvalue weighted by atomic mass is 16.3. The first-order valence-electron chi connectivity index (χ1n) is 4.53. The first kappa shape index (κ1) is 12.9. The number of pyridine rings is 1. The Kier molecular flexibility index (Phi) is 5.83. The summed E-state index contributed by atoms with van der Waals surface area (Å²) in [5, 5.41) is 8.39. The van der Waals surface area contributed by atoms with Crippen molar-refractivity contribution >= 4 is 5.82 Å². The van der Waals surface area contributed by atoms with Gasteiger partial charge in [0.15, 0.2) is 0 Å². The molecule has 0 saturated carbocycles. The molecule has 0 amide bonds. The van der Waals surface area contributed by atoms with Gasteiger partial charge in [0.05, 0.1) is 27.7 Å². The number of likely N-dealkylation sites (N-methyl/N-ethyl adjacent to an activating group) is 1. The van der Waals surface area contributed by atoms with Gasteiger partial charge in [-0.25, -0.2) is 4.98 Å². The van der Waals surface area contributed by atoms with Crippen molar-refractivity contribution in [3.63, 3.8) is 0 Å². The van der Waals surface area contributed by atoms with Crippen LogP contribution in [0.3, 0.4) is 0 Å². The average molecular weight is 198 g/mol. The summed E-state index contributed by atoms with van der Waals surface area (Å²) in [6.07, 6.45) is 1.66. The Morgan fingerprint density at radius 3 is 2.14 bits per heavy atom. The van der Waals surface area contributed by atoms with Crippen molar-refractivity contribution in [2.75, 3.05) is 40.0 Å². The molecule has 80 valence electrons. The predicted octanol–water partition coefficient (Wildman–Crippen LogP) is 0.349. The topological polar surface area (TPSA) is 59.1 Å². The molecule has 0 aromatic carbocycles. The molecular formula is C10H20N3O+. The molecule has 3 N–H and O–H groups in total. The van der Waals surface area contributed by atoms with Crippen LogP contribution in [0.5, 0.6) is 0 Å². The second kappa shape index (κ2) is 6.34. The number of hydrogen-bond acceptors (Lipinski definition) is 3. The van der Waals surface area contributed by atoms with Crippen molar-refractivity contribution in [3.8, 4) is 0 Å². The number of nitrogen functional groups attached to an aromatic ring is 1. The van der Waals surface area contributed by atoms with Crippen LogP contribution in [-0.2, 0) is 0 Å². The zero-order chi connectivity index (χ0) is 11.0. The zero-order valence-corrected chi connectivity index (χ0v) is 9.14. The van der Waals surface area contributed by atoms with Gasteiger partial charge < -0.3 is 15.3 Å². The van der Waals surface area contributed by atoms with E-state index in [0.29, 0.717) is 5.82 Å². The van der Waals surface area contributed by atoms with Crippen LogP contribution in [-0.4, -0.2) is 48.9 Å².